The predicted molar refractivity (Wildman–Crippen MR) is 66.2 cm³/mol. The maximum atomic E-state index is 5.72. The zero-order valence-corrected chi connectivity index (χ0v) is 11.3. The van der Waals surface area contributed by atoms with Gasteiger partial charge in [0.25, 0.3) is 0 Å². The summed E-state index contributed by atoms with van der Waals surface area (Å²) in [5.74, 6) is 0. The van der Waals surface area contributed by atoms with Gasteiger partial charge in [0, 0.05) is 6.61 Å². The molecule has 14 heavy (non-hydrogen) atoms. The minimum Gasteiger partial charge on any atom is -0.371 e. The van der Waals surface area contributed by atoms with Crippen molar-refractivity contribution in [3.8, 4) is 0 Å². The molecule has 0 heterocycles. The fraction of sp³-hybridized carbons (Fsp3) is 0.818. The average Bonchev–Trinajstić information content (AvgIpc) is 2.00. The largest absolute Gasteiger partial charge is 0.371 e. The zero-order chi connectivity index (χ0) is 11.2. The van der Waals surface area contributed by atoms with Gasteiger partial charge in [0.05, 0.1) is 13.7 Å². The average molecular weight is 215 g/mol. The van der Waals surface area contributed by atoms with Gasteiger partial charge in [0.15, 0.2) is 0 Å². The summed E-state index contributed by atoms with van der Waals surface area (Å²) >= 11 is 0. The SMILES string of the molecule is CC(C)(C=C[Si](C)(C)C)OCCCN. The van der Waals surface area contributed by atoms with E-state index < -0.39 is 8.07 Å². The van der Waals surface area contributed by atoms with Crippen molar-refractivity contribution in [3.63, 3.8) is 0 Å². The molecule has 0 fully saturated rings. The second kappa shape index (κ2) is 5.68. The first-order chi connectivity index (χ1) is 6.27. The number of ether oxygens (including phenoxy) is 1. The van der Waals surface area contributed by atoms with Gasteiger partial charge in [0.2, 0.25) is 0 Å². The highest BCUT2D eigenvalue weighted by atomic mass is 28.3. The van der Waals surface area contributed by atoms with Crippen LogP contribution in [0.25, 0.3) is 0 Å². The predicted octanol–water partition coefficient (Wildman–Crippen LogP) is 2.56. The summed E-state index contributed by atoms with van der Waals surface area (Å²) in [5.41, 5.74) is 7.60. The Bertz CT molecular complexity index is 182. The quantitative estimate of drug-likeness (QED) is 0.546. The van der Waals surface area contributed by atoms with Crippen molar-refractivity contribution in [3.05, 3.63) is 11.8 Å². The van der Waals surface area contributed by atoms with E-state index in [2.05, 4.69) is 45.3 Å². The van der Waals surface area contributed by atoms with Crippen molar-refractivity contribution in [1.82, 2.24) is 0 Å². The van der Waals surface area contributed by atoms with E-state index in [1.165, 1.54) is 0 Å². The summed E-state index contributed by atoms with van der Waals surface area (Å²) in [6.07, 6.45) is 3.12. The monoisotopic (exact) mass is 215 g/mol. The second-order valence-corrected chi connectivity index (χ2v) is 10.4. The van der Waals surface area contributed by atoms with Gasteiger partial charge in [-0.1, -0.05) is 31.4 Å². The summed E-state index contributed by atoms with van der Waals surface area (Å²) in [4.78, 5) is 0. The molecule has 0 aromatic carbocycles. The third-order valence-electron chi connectivity index (χ3n) is 1.81. The summed E-state index contributed by atoms with van der Waals surface area (Å²) < 4.78 is 5.72. The van der Waals surface area contributed by atoms with Gasteiger partial charge in [-0.2, -0.15) is 0 Å². The van der Waals surface area contributed by atoms with E-state index >= 15 is 0 Å². The maximum Gasteiger partial charge on any atom is 0.0802 e. The number of nitrogens with two attached hydrogens (primary N) is 1. The van der Waals surface area contributed by atoms with Crippen molar-refractivity contribution in [2.45, 2.75) is 45.5 Å². The molecule has 0 aliphatic rings. The fourth-order valence-electron chi connectivity index (χ4n) is 0.917. The van der Waals surface area contributed by atoms with Crippen molar-refractivity contribution >= 4 is 8.07 Å². The van der Waals surface area contributed by atoms with E-state index in [9.17, 15) is 0 Å². The molecule has 0 rings (SSSR count). The molecule has 2 N–H and O–H groups in total. The molecule has 0 bridgehead atoms. The van der Waals surface area contributed by atoms with E-state index in [0.717, 1.165) is 13.0 Å². The Balaban J connectivity index is 4.00. The van der Waals surface area contributed by atoms with Gasteiger partial charge in [-0.25, -0.2) is 0 Å². The van der Waals surface area contributed by atoms with Gasteiger partial charge in [0.1, 0.15) is 0 Å². The lowest BCUT2D eigenvalue weighted by Crippen LogP contribution is -2.25. The van der Waals surface area contributed by atoms with Crippen molar-refractivity contribution in [2.24, 2.45) is 5.73 Å². The van der Waals surface area contributed by atoms with Crippen LogP contribution in [0, 0.1) is 0 Å². The smallest absolute Gasteiger partial charge is 0.0802 e. The Morgan fingerprint density at radius 2 is 1.86 bits per heavy atom. The number of hydrogen-bond donors (Lipinski definition) is 1. The Kier molecular flexibility index (Phi) is 5.63. The van der Waals surface area contributed by atoms with E-state index in [0.29, 0.717) is 6.54 Å². The van der Waals surface area contributed by atoms with Crippen molar-refractivity contribution < 1.29 is 4.74 Å². The van der Waals surface area contributed by atoms with E-state index in [1.54, 1.807) is 0 Å². The van der Waals surface area contributed by atoms with Gasteiger partial charge in [-0.15, -0.1) is 0 Å². The molecule has 0 atom stereocenters. The fourth-order valence-corrected chi connectivity index (χ4v) is 1.82. The van der Waals surface area contributed by atoms with Crippen molar-refractivity contribution in [1.29, 1.82) is 0 Å². The van der Waals surface area contributed by atoms with E-state index in [4.69, 9.17) is 10.5 Å². The van der Waals surface area contributed by atoms with E-state index in [1.807, 2.05) is 0 Å². The third kappa shape index (κ3) is 8.47. The summed E-state index contributed by atoms with van der Waals surface area (Å²) in [7, 11) is -1.10. The van der Waals surface area contributed by atoms with Gasteiger partial charge in [-0.3, -0.25) is 0 Å². The minimum atomic E-state index is -1.10. The van der Waals surface area contributed by atoms with Crippen LogP contribution in [0.15, 0.2) is 11.8 Å². The van der Waals surface area contributed by atoms with Crippen LogP contribution in [-0.4, -0.2) is 26.8 Å². The molecular weight excluding hydrogens is 190 g/mol. The van der Waals surface area contributed by atoms with Crippen LogP contribution in [0.2, 0.25) is 19.6 Å². The molecule has 0 spiro atoms. The van der Waals surface area contributed by atoms with Crippen LogP contribution in [0.4, 0.5) is 0 Å². The van der Waals surface area contributed by atoms with Gasteiger partial charge >= 0.3 is 0 Å². The molecule has 0 aliphatic carbocycles. The molecule has 3 heteroatoms. The van der Waals surface area contributed by atoms with Gasteiger partial charge < -0.3 is 10.5 Å². The Morgan fingerprint density at radius 3 is 2.29 bits per heavy atom. The molecule has 0 aliphatic heterocycles. The van der Waals surface area contributed by atoms with Crippen LogP contribution in [-0.2, 0) is 4.74 Å². The number of rotatable bonds is 6. The summed E-state index contributed by atoms with van der Waals surface area (Å²) in [6, 6.07) is 0. The Morgan fingerprint density at radius 1 is 1.29 bits per heavy atom. The molecule has 0 amide bonds. The summed E-state index contributed by atoms with van der Waals surface area (Å²) in [5, 5.41) is 0. The number of hydrogen-bond acceptors (Lipinski definition) is 2. The maximum absolute atomic E-state index is 5.72. The second-order valence-electron chi connectivity index (χ2n) is 5.29. The first-order valence-corrected chi connectivity index (χ1v) is 8.89. The van der Waals surface area contributed by atoms with Crippen LogP contribution >= 0.6 is 0 Å². The van der Waals surface area contributed by atoms with Crippen molar-refractivity contribution in [2.75, 3.05) is 13.2 Å². The van der Waals surface area contributed by atoms with E-state index in [-0.39, 0.29) is 5.60 Å². The molecule has 0 saturated heterocycles. The molecule has 0 unspecified atom stereocenters. The van der Waals surface area contributed by atoms with Gasteiger partial charge in [-0.05, 0) is 26.8 Å². The Hall–Kier alpha value is -0.123. The lowest BCUT2D eigenvalue weighted by Gasteiger charge is -2.23. The molecule has 0 radical (unpaired) electrons. The van der Waals surface area contributed by atoms with Crippen LogP contribution in [0.5, 0.6) is 0 Å². The van der Waals surface area contributed by atoms with Crippen LogP contribution in [0.1, 0.15) is 20.3 Å². The van der Waals surface area contributed by atoms with Crippen LogP contribution < -0.4 is 5.73 Å². The normalized spacial score (nSPS) is 13.9. The topological polar surface area (TPSA) is 35.2 Å². The minimum absolute atomic E-state index is 0.143. The zero-order valence-electron chi connectivity index (χ0n) is 10.3. The summed E-state index contributed by atoms with van der Waals surface area (Å²) in [6.45, 7) is 12.6. The Labute approximate surface area is 89.5 Å². The first kappa shape index (κ1) is 13.9. The highest BCUT2D eigenvalue weighted by molar-refractivity contribution is 6.80. The highest BCUT2D eigenvalue weighted by Crippen LogP contribution is 2.14. The molecule has 2 nitrogen and oxygen atoms in total. The highest BCUT2D eigenvalue weighted by Gasteiger charge is 2.16. The standard InChI is InChI=1S/C11H25NOSi/c1-11(2,13-9-6-8-12)7-10-14(3,4)5/h7,10H,6,8-9,12H2,1-5H3. The molecule has 0 aromatic rings. The lowest BCUT2D eigenvalue weighted by molar-refractivity contribution is 0.0193. The van der Waals surface area contributed by atoms with Crippen LogP contribution in [0.3, 0.4) is 0 Å². The molecular formula is C11H25NOSi. The lowest BCUT2D eigenvalue weighted by atomic mass is 10.1. The first-order valence-electron chi connectivity index (χ1n) is 5.31. The third-order valence-corrected chi connectivity index (χ3v) is 2.97. The molecule has 0 saturated carbocycles. The molecule has 84 valence electrons. The molecule has 0 aromatic heterocycles.